The molecule has 0 bridgehead atoms. The predicted molar refractivity (Wildman–Crippen MR) is 86.9 cm³/mol. The molecular formula is C17H18BrNO2. The van der Waals surface area contributed by atoms with Crippen LogP contribution < -0.4 is 5.32 Å². The maximum Gasteiger partial charge on any atom is 0.327 e. The predicted octanol–water partition coefficient (Wildman–Crippen LogP) is 3.76. The fourth-order valence-electron chi connectivity index (χ4n) is 2.11. The van der Waals surface area contributed by atoms with Gasteiger partial charge in [-0.3, -0.25) is 5.32 Å². The van der Waals surface area contributed by atoms with Crippen molar-refractivity contribution in [2.24, 2.45) is 0 Å². The zero-order valence-electron chi connectivity index (χ0n) is 12.1. The molecule has 2 rings (SSSR count). The number of aryl methyl sites for hydroxylation is 1. The van der Waals surface area contributed by atoms with Gasteiger partial charge in [-0.15, -0.1) is 0 Å². The highest BCUT2D eigenvalue weighted by Gasteiger charge is 2.20. The van der Waals surface area contributed by atoms with Gasteiger partial charge in [0.05, 0.1) is 7.11 Å². The molecule has 0 amide bonds. The summed E-state index contributed by atoms with van der Waals surface area (Å²) in [6, 6.07) is 15.3. The van der Waals surface area contributed by atoms with E-state index in [1.54, 1.807) is 0 Å². The minimum absolute atomic E-state index is 0.288. The Morgan fingerprint density at radius 2 is 1.95 bits per heavy atom. The molecule has 1 unspecified atom stereocenters. The Hall–Kier alpha value is -1.65. The topological polar surface area (TPSA) is 38.3 Å². The van der Waals surface area contributed by atoms with Crippen LogP contribution in [-0.2, 0) is 16.1 Å². The maximum atomic E-state index is 12.0. The largest absolute Gasteiger partial charge is 0.468 e. The minimum atomic E-state index is -0.468. The van der Waals surface area contributed by atoms with E-state index in [0.29, 0.717) is 6.54 Å². The molecule has 0 aromatic heterocycles. The summed E-state index contributed by atoms with van der Waals surface area (Å²) in [5, 5.41) is 3.26. The smallest absolute Gasteiger partial charge is 0.327 e. The number of rotatable bonds is 5. The number of ether oxygens (including phenoxy) is 1. The molecular weight excluding hydrogens is 330 g/mol. The van der Waals surface area contributed by atoms with Gasteiger partial charge in [0.2, 0.25) is 0 Å². The van der Waals surface area contributed by atoms with Gasteiger partial charge >= 0.3 is 5.97 Å². The molecule has 0 fully saturated rings. The second-order valence-corrected chi connectivity index (χ2v) is 5.70. The molecule has 21 heavy (non-hydrogen) atoms. The molecule has 0 aliphatic rings. The van der Waals surface area contributed by atoms with Gasteiger partial charge in [0.25, 0.3) is 0 Å². The fourth-order valence-corrected chi connectivity index (χ4v) is 2.74. The van der Waals surface area contributed by atoms with Crippen molar-refractivity contribution in [3.8, 4) is 0 Å². The lowest BCUT2D eigenvalue weighted by Crippen LogP contribution is -2.29. The summed E-state index contributed by atoms with van der Waals surface area (Å²) in [4.78, 5) is 12.0. The highest BCUT2D eigenvalue weighted by atomic mass is 79.9. The Bertz CT molecular complexity index is 613. The molecule has 0 aliphatic carbocycles. The molecule has 0 heterocycles. The third-order valence-corrected chi connectivity index (χ3v) is 4.01. The molecule has 2 aromatic rings. The van der Waals surface area contributed by atoms with Gasteiger partial charge in [0.1, 0.15) is 6.04 Å². The monoisotopic (exact) mass is 347 g/mol. The summed E-state index contributed by atoms with van der Waals surface area (Å²) in [5.41, 5.74) is 3.19. The Morgan fingerprint density at radius 1 is 1.24 bits per heavy atom. The van der Waals surface area contributed by atoms with E-state index in [4.69, 9.17) is 4.74 Å². The van der Waals surface area contributed by atoms with Gasteiger partial charge in [-0.1, -0.05) is 58.4 Å². The molecule has 4 heteroatoms. The quantitative estimate of drug-likeness (QED) is 0.836. The number of methoxy groups -OCH3 is 1. The average Bonchev–Trinajstić information content (AvgIpc) is 2.50. The molecule has 110 valence electrons. The number of nitrogens with one attached hydrogen (secondary N) is 1. The zero-order valence-corrected chi connectivity index (χ0v) is 13.7. The number of carbonyl (C=O) groups excluding carboxylic acids is 1. The van der Waals surface area contributed by atoms with Crippen LogP contribution in [-0.4, -0.2) is 13.1 Å². The van der Waals surface area contributed by atoms with E-state index in [2.05, 4.69) is 33.4 Å². The molecule has 0 saturated carbocycles. The molecule has 0 radical (unpaired) electrons. The summed E-state index contributed by atoms with van der Waals surface area (Å²) < 4.78 is 5.93. The first-order chi connectivity index (χ1) is 10.1. The summed E-state index contributed by atoms with van der Waals surface area (Å²) in [5.74, 6) is -0.288. The Morgan fingerprint density at radius 3 is 2.57 bits per heavy atom. The standard InChI is InChI=1S/C17H18BrNO2/c1-12-8-9-14(15(18)10-12)11-19-16(17(20)21-2)13-6-4-3-5-7-13/h3-10,16,19H,11H2,1-2H3. The van der Waals surface area contributed by atoms with Crippen molar-refractivity contribution in [2.75, 3.05) is 7.11 Å². The first-order valence-electron chi connectivity index (χ1n) is 6.73. The van der Waals surface area contributed by atoms with Crippen molar-refractivity contribution in [1.29, 1.82) is 0 Å². The number of hydrogen-bond donors (Lipinski definition) is 1. The van der Waals surface area contributed by atoms with Gasteiger partial charge in [-0.05, 0) is 29.7 Å². The van der Waals surface area contributed by atoms with Crippen LogP contribution in [0, 0.1) is 6.92 Å². The van der Waals surface area contributed by atoms with E-state index in [1.807, 2.05) is 43.3 Å². The summed E-state index contributed by atoms with van der Waals surface area (Å²) in [6.45, 7) is 2.62. The van der Waals surface area contributed by atoms with Crippen molar-refractivity contribution in [2.45, 2.75) is 19.5 Å². The molecule has 0 spiro atoms. The van der Waals surface area contributed by atoms with Gasteiger partial charge in [0.15, 0.2) is 0 Å². The molecule has 1 N–H and O–H groups in total. The number of esters is 1. The van der Waals surface area contributed by atoms with Gasteiger partial charge in [-0.2, -0.15) is 0 Å². The highest BCUT2D eigenvalue weighted by molar-refractivity contribution is 9.10. The van der Waals surface area contributed by atoms with Crippen molar-refractivity contribution < 1.29 is 9.53 Å². The number of halogens is 1. The van der Waals surface area contributed by atoms with Crippen LogP contribution in [0.15, 0.2) is 53.0 Å². The first kappa shape index (κ1) is 15.7. The van der Waals surface area contributed by atoms with Crippen LogP contribution >= 0.6 is 15.9 Å². The van der Waals surface area contributed by atoms with Crippen molar-refractivity contribution in [3.05, 3.63) is 69.7 Å². The van der Waals surface area contributed by atoms with E-state index in [0.717, 1.165) is 15.6 Å². The van der Waals surface area contributed by atoms with Crippen LogP contribution in [0.3, 0.4) is 0 Å². The summed E-state index contributed by atoms with van der Waals surface area (Å²) in [7, 11) is 1.40. The minimum Gasteiger partial charge on any atom is -0.468 e. The second kappa shape index (κ2) is 7.38. The highest BCUT2D eigenvalue weighted by Crippen LogP contribution is 2.20. The zero-order chi connectivity index (χ0) is 15.2. The average molecular weight is 348 g/mol. The molecule has 0 saturated heterocycles. The molecule has 3 nitrogen and oxygen atoms in total. The summed E-state index contributed by atoms with van der Waals surface area (Å²) >= 11 is 3.55. The van der Waals surface area contributed by atoms with E-state index in [1.165, 1.54) is 12.7 Å². The molecule has 0 aliphatic heterocycles. The number of benzene rings is 2. The van der Waals surface area contributed by atoms with E-state index >= 15 is 0 Å². The van der Waals surface area contributed by atoms with E-state index in [9.17, 15) is 4.79 Å². The van der Waals surface area contributed by atoms with Crippen LogP contribution in [0.5, 0.6) is 0 Å². The van der Waals surface area contributed by atoms with Crippen molar-refractivity contribution >= 4 is 21.9 Å². The summed E-state index contributed by atoms with van der Waals surface area (Å²) in [6.07, 6.45) is 0. The third-order valence-electron chi connectivity index (χ3n) is 3.27. The Labute approximate surface area is 133 Å². The van der Waals surface area contributed by atoms with Crippen LogP contribution in [0.1, 0.15) is 22.7 Å². The lowest BCUT2D eigenvalue weighted by Gasteiger charge is -2.17. The lowest BCUT2D eigenvalue weighted by molar-refractivity contribution is -0.143. The Kier molecular flexibility index (Phi) is 5.53. The lowest BCUT2D eigenvalue weighted by atomic mass is 10.1. The van der Waals surface area contributed by atoms with Gasteiger partial charge in [-0.25, -0.2) is 4.79 Å². The van der Waals surface area contributed by atoms with Crippen LogP contribution in [0.2, 0.25) is 0 Å². The molecule has 1 atom stereocenters. The number of hydrogen-bond acceptors (Lipinski definition) is 3. The van der Waals surface area contributed by atoms with Crippen LogP contribution in [0.4, 0.5) is 0 Å². The third kappa shape index (κ3) is 4.16. The number of carbonyl (C=O) groups is 1. The first-order valence-corrected chi connectivity index (χ1v) is 7.52. The fraction of sp³-hybridized carbons (Fsp3) is 0.235. The Balaban J connectivity index is 2.15. The van der Waals surface area contributed by atoms with Crippen molar-refractivity contribution in [1.82, 2.24) is 5.32 Å². The van der Waals surface area contributed by atoms with E-state index in [-0.39, 0.29) is 5.97 Å². The van der Waals surface area contributed by atoms with Gasteiger partial charge < -0.3 is 4.74 Å². The van der Waals surface area contributed by atoms with Crippen molar-refractivity contribution in [3.63, 3.8) is 0 Å². The SMILES string of the molecule is COC(=O)C(NCc1ccc(C)cc1Br)c1ccccc1. The van der Waals surface area contributed by atoms with E-state index < -0.39 is 6.04 Å². The molecule has 2 aromatic carbocycles. The van der Waals surface area contributed by atoms with Crippen LogP contribution in [0.25, 0.3) is 0 Å². The maximum absolute atomic E-state index is 12.0. The van der Waals surface area contributed by atoms with Gasteiger partial charge in [0, 0.05) is 11.0 Å². The second-order valence-electron chi connectivity index (χ2n) is 4.84. The normalized spacial score (nSPS) is 12.0.